The van der Waals surface area contributed by atoms with E-state index in [0.29, 0.717) is 4.47 Å². The van der Waals surface area contributed by atoms with Gasteiger partial charge in [0.05, 0.1) is 4.90 Å². The van der Waals surface area contributed by atoms with Crippen molar-refractivity contribution in [2.45, 2.75) is 31.2 Å². The zero-order valence-corrected chi connectivity index (χ0v) is 13.3. The summed E-state index contributed by atoms with van der Waals surface area (Å²) in [5.74, 6) is -1.19. The summed E-state index contributed by atoms with van der Waals surface area (Å²) >= 11 is 3.18. The molecule has 0 radical (unpaired) electrons. The lowest BCUT2D eigenvalue weighted by molar-refractivity contribution is -0.138. The van der Waals surface area contributed by atoms with Crippen LogP contribution < -0.4 is 0 Å². The van der Waals surface area contributed by atoms with Gasteiger partial charge >= 0.3 is 5.97 Å². The highest BCUT2D eigenvalue weighted by atomic mass is 79.9. The summed E-state index contributed by atoms with van der Waals surface area (Å²) in [5.41, 5.74) is -0.827. The average Bonchev–Trinajstić information content (AvgIpc) is 2.24. The topological polar surface area (TPSA) is 74.7 Å². The van der Waals surface area contributed by atoms with Crippen LogP contribution in [0.25, 0.3) is 0 Å². The number of rotatable bonds is 4. The maximum absolute atomic E-state index is 12.6. The van der Waals surface area contributed by atoms with E-state index in [1.165, 1.54) is 6.07 Å². The predicted octanol–water partition coefficient (Wildman–Crippen LogP) is 2.32. The molecule has 0 aliphatic carbocycles. The van der Waals surface area contributed by atoms with E-state index in [1.54, 1.807) is 39.0 Å². The molecule has 1 aromatic rings. The van der Waals surface area contributed by atoms with Crippen LogP contribution in [0.4, 0.5) is 0 Å². The third-order valence-electron chi connectivity index (χ3n) is 2.43. The number of aliphatic carboxylic acids is 1. The van der Waals surface area contributed by atoms with Crippen LogP contribution >= 0.6 is 15.9 Å². The molecule has 0 spiro atoms. The van der Waals surface area contributed by atoms with E-state index < -0.39 is 28.1 Å². The number of benzene rings is 1. The van der Waals surface area contributed by atoms with E-state index in [9.17, 15) is 13.2 Å². The first kappa shape index (κ1) is 16.1. The summed E-state index contributed by atoms with van der Waals surface area (Å²) in [4.78, 5) is 11.0. The fourth-order valence-electron chi connectivity index (χ4n) is 1.58. The highest BCUT2D eigenvalue weighted by molar-refractivity contribution is 9.10. The molecule has 0 aromatic heterocycles. The van der Waals surface area contributed by atoms with Crippen molar-refractivity contribution in [2.75, 3.05) is 6.54 Å². The summed E-state index contributed by atoms with van der Waals surface area (Å²) in [7, 11) is -3.88. The Labute approximate surface area is 121 Å². The van der Waals surface area contributed by atoms with Crippen molar-refractivity contribution in [2.24, 2.45) is 0 Å². The van der Waals surface area contributed by atoms with Crippen molar-refractivity contribution in [3.8, 4) is 0 Å². The van der Waals surface area contributed by atoms with Crippen LogP contribution in [0.15, 0.2) is 33.6 Å². The van der Waals surface area contributed by atoms with E-state index in [1.807, 2.05) is 0 Å². The smallest absolute Gasteiger partial charge is 0.318 e. The maximum Gasteiger partial charge on any atom is 0.318 e. The van der Waals surface area contributed by atoms with Crippen molar-refractivity contribution in [1.29, 1.82) is 0 Å². The van der Waals surface area contributed by atoms with Crippen LogP contribution in [0.2, 0.25) is 0 Å². The minimum absolute atomic E-state index is 0.0613. The zero-order valence-electron chi connectivity index (χ0n) is 10.9. The average molecular weight is 350 g/mol. The maximum atomic E-state index is 12.6. The third kappa shape index (κ3) is 3.77. The third-order valence-corrected chi connectivity index (χ3v) is 5.55. The van der Waals surface area contributed by atoms with E-state index in [4.69, 9.17) is 5.11 Å². The second kappa shape index (κ2) is 5.60. The minimum Gasteiger partial charge on any atom is -0.480 e. The van der Waals surface area contributed by atoms with Gasteiger partial charge in [-0.15, -0.1) is 0 Å². The lowest BCUT2D eigenvalue weighted by Crippen LogP contribution is -2.48. The Bertz CT molecular complexity index is 578. The van der Waals surface area contributed by atoms with Gasteiger partial charge in [0.15, 0.2) is 0 Å². The number of hydrogen-bond acceptors (Lipinski definition) is 3. The normalized spacial score (nSPS) is 12.7. The molecule has 0 unspecified atom stereocenters. The lowest BCUT2D eigenvalue weighted by Gasteiger charge is -2.33. The van der Waals surface area contributed by atoms with Crippen molar-refractivity contribution in [3.63, 3.8) is 0 Å². The molecule has 1 N–H and O–H groups in total. The second-order valence-electron chi connectivity index (χ2n) is 5.01. The van der Waals surface area contributed by atoms with Gasteiger partial charge in [0.1, 0.15) is 6.54 Å². The highest BCUT2D eigenvalue weighted by Crippen LogP contribution is 2.29. The summed E-state index contributed by atoms with van der Waals surface area (Å²) < 4.78 is 26.5. The molecular formula is C12H16BrNO4S. The molecule has 1 rings (SSSR count). The predicted molar refractivity (Wildman–Crippen MR) is 75.4 cm³/mol. The number of carboxylic acids is 1. The van der Waals surface area contributed by atoms with Crippen molar-refractivity contribution in [1.82, 2.24) is 4.31 Å². The molecule has 19 heavy (non-hydrogen) atoms. The van der Waals surface area contributed by atoms with Gasteiger partial charge in [0, 0.05) is 10.0 Å². The Kier molecular flexibility index (Phi) is 4.76. The minimum atomic E-state index is -3.88. The van der Waals surface area contributed by atoms with Gasteiger partial charge in [-0.05, 0) is 48.8 Å². The number of halogens is 1. The standard InChI is InChI=1S/C12H16BrNO4S/c1-12(2,3)14(8-11(15)16)19(17,18)10-7-5-4-6-9(10)13/h4-7H,8H2,1-3H3,(H,15,16). The van der Waals surface area contributed by atoms with E-state index >= 15 is 0 Å². The van der Waals surface area contributed by atoms with Crippen LogP contribution in [0.3, 0.4) is 0 Å². The number of carboxylic acid groups (broad SMARTS) is 1. The number of nitrogens with zero attached hydrogens (tertiary/aromatic N) is 1. The second-order valence-corrected chi connectivity index (χ2v) is 7.69. The molecule has 7 heteroatoms. The Morgan fingerprint density at radius 3 is 2.26 bits per heavy atom. The largest absolute Gasteiger partial charge is 0.480 e. The summed E-state index contributed by atoms with van der Waals surface area (Å²) in [6.07, 6.45) is 0. The molecule has 0 atom stereocenters. The summed E-state index contributed by atoms with van der Waals surface area (Å²) in [6, 6.07) is 6.34. The first-order valence-electron chi connectivity index (χ1n) is 5.56. The molecule has 0 saturated heterocycles. The molecule has 0 aliphatic rings. The molecule has 0 heterocycles. The first-order chi connectivity index (χ1) is 8.56. The van der Waals surface area contributed by atoms with E-state index in [-0.39, 0.29) is 4.90 Å². The van der Waals surface area contributed by atoms with Crippen LogP contribution in [0, 0.1) is 0 Å². The summed E-state index contributed by atoms with van der Waals surface area (Å²) in [5, 5.41) is 8.91. The summed E-state index contributed by atoms with van der Waals surface area (Å²) in [6.45, 7) is 4.40. The van der Waals surface area contributed by atoms with Crippen LogP contribution in [0.5, 0.6) is 0 Å². The molecule has 0 fully saturated rings. The highest BCUT2D eigenvalue weighted by Gasteiger charge is 2.36. The van der Waals surface area contributed by atoms with Crippen molar-refractivity contribution < 1.29 is 18.3 Å². The van der Waals surface area contributed by atoms with Crippen LogP contribution in [-0.2, 0) is 14.8 Å². The number of sulfonamides is 1. The number of hydrogen-bond donors (Lipinski definition) is 1. The van der Waals surface area contributed by atoms with Crippen molar-refractivity contribution >= 4 is 31.9 Å². The SMILES string of the molecule is CC(C)(C)N(CC(=O)O)S(=O)(=O)c1ccccc1Br. The number of carbonyl (C=O) groups is 1. The molecule has 0 amide bonds. The van der Waals surface area contributed by atoms with Gasteiger partial charge in [-0.1, -0.05) is 12.1 Å². The van der Waals surface area contributed by atoms with Crippen LogP contribution in [0.1, 0.15) is 20.8 Å². The van der Waals surface area contributed by atoms with Crippen LogP contribution in [-0.4, -0.2) is 35.9 Å². The Balaban J connectivity index is 3.37. The van der Waals surface area contributed by atoms with Gasteiger partial charge in [-0.25, -0.2) is 8.42 Å². The van der Waals surface area contributed by atoms with Gasteiger partial charge in [-0.2, -0.15) is 4.31 Å². The van der Waals surface area contributed by atoms with E-state index in [2.05, 4.69) is 15.9 Å². The van der Waals surface area contributed by atoms with E-state index in [0.717, 1.165) is 4.31 Å². The van der Waals surface area contributed by atoms with Gasteiger partial charge in [0.25, 0.3) is 0 Å². The monoisotopic (exact) mass is 349 g/mol. The first-order valence-corrected chi connectivity index (χ1v) is 7.79. The molecule has 1 aromatic carbocycles. The molecule has 0 aliphatic heterocycles. The molecule has 106 valence electrons. The van der Waals surface area contributed by atoms with Gasteiger partial charge in [-0.3, -0.25) is 4.79 Å². The van der Waals surface area contributed by atoms with Crippen molar-refractivity contribution in [3.05, 3.63) is 28.7 Å². The molecule has 0 bridgehead atoms. The molecule has 5 nitrogen and oxygen atoms in total. The lowest BCUT2D eigenvalue weighted by atomic mass is 10.1. The zero-order chi connectivity index (χ0) is 14.8. The Morgan fingerprint density at radius 2 is 1.84 bits per heavy atom. The fourth-order valence-corrected chi connectivity index (χ4v) is 4.28. The molecular weight excluding hydrogens is 334 g/mol. The fraction of sp³-hybridized carbons (Fsp3) is 0.417. The quantitative estimate of drug-likeness (QED) is 0.904. The Morgan fingerprint density at radius 1 is 1.32 bits per heavy atom. The van der Waals surface area contributed by atoms with Gasteiger partial charge in [0.2, 0.25) is 10.0 Å². The van der Waals surface area contributed by atoms with Gasteiger partial charge < -0.3 is 5.11 Å². The molecule has 0 saturated carbocycles. The Hall–Kier alpha value is -0.920.